The predicted octanol–water partition coefficient (Wildman–Crippen LogP) is 7.34. The molecule has 2 aromatic carbocycles. The number of benzene rings is 2. The minimum absolute atomic E-state index is 0.0430. The van der Waals surface area contributed by atoms with Gasteiger partial charge in [-0.3, -0.25) is 0 Å². The number of fused-ring (bicyclic) bond motifs is 1. The molecule has 1 unspecified atom stereocenters. The topological polar surface area (TPSA) is 41.6 Å². The first-order chi connectivity index (χ1) is 15.0. The van der Waals surface area contributed by atoms with Crippen molar-refractivity contribution in [3.63, 3.8) is 0 Å². The number of rotatable bonds is 8. The van der Waals surface area contributed by atoms with Crippen LogP contribution >= 0.6 is 11.6 Å². The van der Waals surface area contributed by atoms with E-state index in [1.54, 1.807) is 11.0 Å². The van der Waals surface area contributed by atoms with Crippen molar-refractivity contribution in [1.29, 1.82) is 0 Å². The Kier molecular flexibility index (Phi) is 8.52. The number of amides is 2. The average molecular weight is 451 g/mol. The quantitative estimate of drug-likeness (QED) is 0.427. The van der Waals surface area contributed by atoms with Crippen molar-refractivity contribution in [2.24, 2.45) is 0 Å². The molecule has 2 aromatic rings. The number of hydrogen-bond donors (Lipinski definition) is 1. The van der Waals surface area contributed by atoms with Crippen LogP contribution in [0.3, 0.4) is 0 Å². The molecule has 168 valence electrons. The summed E-state index contributed by atoms with van der Waals surface area (Å²) < 4.78 is 33.3. The smallest absolute Gasteiger partial charge is 0.322 e. The molecule has 0 fully saturated rings. The summed E-state index contributed by atoms with van der Waals surface area (Å²) in [5.41, 5.74) is 0.812. The van der Waals surface area contributed by atoms with E-state index in [4.69, 9.17) is 16.3 Å². The third kappa shape index (κ3) is 6.33. The van der Waals surface area contributed by atoms with Crippen molar-refractivity contribution in [1.82, 2.24) is 4.90 Å². The second-order valence-electron chi connectivity index (χ2n) is 7.85. The number of carbonyl (C=O) groups is 1. The number of nitrogens with one attached hydrogen (secondary N) is 1. The second-order valence-corrected chi connectivity index (χ2v) is 8.29. The summed E-state index contributed by atoms with van der Waals surface area (Å²) in [6.07, 6.45) is 6.74. The lowest BCUT2D eigenvalue weighted by atomic mass is 10.00. The van der Waals surface area contributed by atoms with Crippen LogP contribution in [0.1, 0.15) is 63.5 Å². The first kappa shape index (κ1) is 23.3. The summed E-state index contributed by atoms with van der Waals surface area (Å²) in [6, 6.07) is 7.90. The van der Waals surface area contributed by atoms with Crippen LogP contribution in [0.5, 0.6) is 5.75 Å². The SMILES string of the molecule is CCCCCCCN(C(=O)Nc1ccc(F)cc1F)C1CCCOc2ccc(Cl)cc21. The summed E-state index contributed by atoms with van der Waals surface area (Å²) in [5.74, 6) is -0.777. The summed E-state index contributed by atoms with van der Waals surface area (Å²) in [5, 5.41) is 3.20. The zero-order valence-corrected chi connectivity index (χ0v) is 18.6. The highest BCUT2D eigenvalue weighted by Gasteiger charge is 2.29. The number of anilines is 1. The molecule has 1 atom stereocenters. The van der Waals surface area contributed by atoms with Gasteiger partial charge in [0, 0.05) is 23.2 Å². The molecule has 1 N–H and O–H groups in total. The Morgan fingerprint density at radius 3 is 2.74 bits per heavy atom. The second kappa shape index (κ2) is 11.3. The van der Waals surface area contributed by atoms with Gasteiger partial charge >= 0.3 is 6.03 Å². The minimum Gasteiger partial charge on any atom is -0.493 e. The van der Waals surface area contributed by atoms with Crippen molar-refractivity contribution in [3.8, 4) is 5.75 Å². The van der Waals surface area contributed by atoms with Gasteiger partial charge in [-0.25, -0.2) is 13.6 Å². The number of carbonyl (C=O) groups excluding carboxylic acids is 1. The van der Waals surface area contributed by atoms with Gasteiger partial charge in [0.15, 0.2) is 0 Å². The Hall–Kier alpha value is -2.34. The molecular weight excluding hydrogens is 422 g/mol. The van der Waals surface area contributed by atoms with E-state index >= 15 is 0 Å². The molecule has 0 bridgehead atoms. The molecule has 0 aliphatic carbocycles. The normalized spacial score (nSPS) is 15.5. The van der Waals surface area contributed by atoms with Crippen molar-refractivity contribution in [3.05, 3.63) is 58.6 Å². The zero-order valence-electron chi connectivity index (χ0n) is 17.8. The van der Waals surface area contributed by atoms with E-state index < -0.39 is 17.7 Å². The van der Waals surface area contributed by atoms with Crippen molar-refractivity contribution >= 4 is 23.3 Å². The summed E-state index contributed by atoms with van der Waals surface area (Å²) in [7, 11) is 0. The maximum atomic E-state index is 14.2. The number of unbranched alkanes of at least 4 members (excludes halogenated alkanes) is 4. The van der Waals surface area contributed by atoms with Crippen LogP contribution in [0.25, 0.3) is 0 Å². The highest BCUT2D eigenvalue weighted by molar-refractivity contribution is 6.30. The molecule has 0 radical (unpaired) electrons. The Labute approximate surface area is 187 Å². The maximum absolute atomic E-state index is 14.2. The zero-order chi connectivity index (χ0) is 22.2. The third-order valence-corrected chi connectivity index (χ3v) is 5.76. The summed E-state index contributed by atoms with van der Waals surface area (Å²) >= 11 is 6.25. The minimum atomic E-state index is -0.802. The van der Waals surface area contributed by atoms with Crippen LogP contribution in [0, 0.1) is 11.6 Å². The molecule has 31 heavy (non-hydrogen) atoms. The molecule has 1 aliphatic rings. The Balaban J connectivity index is 1.85. The lowest BCUT2D eigenvalue weighted by Crippen LogP contribution is -2.39. The fourth-order valence-electron chi connectivity index (χ4n) is 3.91. The lowest BCUT2D eigenvalue weighted by Gasteiger charge is -2.32. The Morgan fingerprint density at radius 1 is 1.16 bits per heavy atom. The first-order valence-electron chi connectivity index (χ1n) is 10.9. The van der Waals surface area contributed by atoms with Gasteiger partial charge in [0.1, 0.15) is 17.4 Å². The summed E-state index contributed by atoms with van der Waals surface area (Å²) in [6.45, 7) is 3.24. The van der Waals surface area contributed by atoms with E-state index in [9.17, 15) is 13.6 Å². The Bertz CT molecular complexity index is 894. The van der Waals surface area contributed by atoms with E-state index in [2.05, 4.69) is 12.2 Å². The van der Waals surface area contributed by atoms with E-state index in [0.717, 1.165) is 56.2 Å². The van der Waals surface area contributed by atoms with Gasteiger partial charge in [-0.05, 0) is 49.6 Å². The molecule has 1 heterocycles. The van der Waals surface area contributed by atoms with Gasteiger partial charge in [0.25, 0.3) is 0 Å². The molecule has 3 rings (SSSR count). The largest absolute Gasteiger partial charge is 0.493 e. The standard InChI is InChI=1S/C24H29ClF2N2O2/c1-2-3-4-5-6-13-29(24(30)28-21-11-10-18(26)16-20(21)27)22-8-7-14-31-23-12-9-17(25)15-19(22)23/h9-12,15-16,22H,2-8,13-14H2,1H3,(H,28,30). The van der Waals surface area contributed by atoms with Gasteiger partial charge in [0.2, 0.25) is 0 Å². The molecule has 0 spiro atoms. The highest BCUT2D eigenvalue weighted by Crippen LogP contribution is 2.38. The van der Waals surface area contributed by atoms with Crippen LogP contribution in [0.15, 0.2) is 36.4 Å². The molecular formula is C24H29ClF2N2O2. The third-order valence-electron chi connectivity index (χ3n) is 5.52. The highest BCUT2D eigenvalue weighted by atomic mass is 35.5. The van der Waals surface area contributed by atoms with E-state index in [0.29, 0.717) is 30.3 Å². The number of halogens is 3. The fourth-order valence-corrected chi connectivity index (χ4v) is 4.09. The molecule has 0 saturated heterocycles. The monoisotopic (exact) mass is 450 g/mol. The maximum Gasteiger partial charge on any atom is 0.322 e. The lowest BCUT2D eigenvalue weighted by molar-refractivity contribution is 0.181. The molecule has 1 aliphatic heterocycles. The van der Waals surface area contributed by atoms with Crippen LogP contribution in [0.2, 0.25) is 5.02 Å². The summed E-state index contributed by atoms with van der Waals surface area (Å²) in [4.78, 5) is 15.0. The molecule has 2 amide bonds. The number of ether oxygens (including phenoxy) is 1. The van der Waals surface area contributed by atoms with Crippen molar-refractivity contribution < 1.29 is 18.3 Å². The number of nitrogens with zero attached hydrogens (tertiary/aromatic N) is 1. The van der Waals surface area contributed by atoms with E-state index in [1.165, 1.54) is 6.07 Å². The molecule has 0 aromatic heterocycles. The van der Waals surface area contributed by atoms with E-state index in [-0.39, 0.29) is 11.7 Å². The van der Waals surface area contributed by atoms with Crippen LogP contribution in [0.4, 0.5) is 19.3 Å². The van der Waals surface area contributed by atoms with Crippen LogP contribution in [-0.4, -0.2) is 24.1 Å². The Morgan fingerprint density at radius 2 is 1.97 bits per heavy atom. The molecule has 0 saturated carbocycles. The molecule has 7 heteroatoms. The fraction of sp³-hybridized carbons (Fsp3) is 0.458. The van der Waals surface area contributed by atoms with Crippen molar-refractivity contribution in [2.45, 2.75) is 57.9 Å². The van der Waals surface area contributed by atoms with Crippen LogP contribution in [-0.2, 0) is 0 Å². The molecule has 4 nitrogen and oxygen atoms in total. The van der Waals surface area contributed by atoms with Gasteiger partial charge in [0.05, 0.1) is 18.3 Å². The van der Waals surface area contributed by atoms with Crippen LogP contribution < -0.4 is 10.1 Å². The first-order valence-corrected chi connectivity index (χ1v) is 11.3. The predicted molar refractivity (Wildman–Crippen MR) is 120 cm³/mol. The van der Waals surface area contributed by atoms with Crippen molar-refractivity contribution in [2.75, 3.05) is 18.5 Å². The van der Waals surface area contributed by atoms with Gasteiger partial charge in [-0.1, -0.05) is 44.2 Å². The number of urea groups is 1. The van der Waals surface area contributed by atoms with Gasteiger partial charge in [-0.2, -0.15) is 0 Å². The number of hydrogen-bond acceptors (Lipinski definition) is 2. The van der Waals surface area contributed by atoms with Gasteiger partial charge in [-0.15, -0.1) is 0 Å². The van der Waals surface area contributed by atoms with Gasteiger partial charge < -0.3 is 15.0 Å². The average Bonchev–Trinajstić information content (AvgIpc) is 2.95. The van der Waals surface area contributed by atoms with E-state index in [1.807, 2.05) is 12.1 Å².